The minimum absolute atomic E-state index is 0.00794. The fourth-order valence-electron chi connectivity index (χ4n) is 3.22. The van der Waals surface area contributed by atoms with Gasteiger partial charge in [0.25, 0.3) is 0 Å². The molecule has 1 saturated heterocycles. The molecule has 1 aliphatic heterocycles. The van der Waals surface area contributed by atoms with Crippen LogP contribution in [0.2, 0.25) is 0 Å². The topological polar surface area (TPSA) is 37.4 Å². The van der Waals surface area contributed by atoms with Crippen LogP contribution in [0, 0.1) is 17.8 Å². The van der Waals surface area contributed by atoms with Crippen molar-refractivity contribution in [1.82, 2.24) is 0 Å². The van der Waals surface area contributed by atoms with Crippen LogP contribution in [0.25, 0.3) is 0 Å². The highest BCUT2D eigenvalue weighted by Gasteiger charge is 2.50. The first-order valence-electron chi connectivity index (χ1n) is 7.02. The summed E-state index contributed by atoms with van der Waals surface area (Å²) < 4.78 is 38.4. The van der Waals surface area contributed by atoms with Gasteiger partial charge < -0.3 is 0 Å². The number of amides is 2. The quantitative estimate of drug-likeness (QED) is 0.589. The molecule has 0 bridgehead atoms. The smallest absolute Gasteiger partial charge is 0.274 e. The second-order valence-electron chi connectivity index (χ2n) is 5.72. The van der Waals surface area contributed by atoms with Crippen molar-refractivity contribution in [1.29, 1.82) is 0 Å². The Hall–Kier alpha value is -2.11. The van der Waals surface area contributed by atoms with Gasteiger partial charge in [-0.2, -0.15) is 13.2 Å². The summed E-state index contributed by atoms with van der Waals surface area (Å²) in [4.78, 5) is 25.9. The molecule has 0 N–H and O–H groups in total. The maximum atomic E-state index is 12.8. The lowest BCUT2D eigenvalue weighted by atomic mass is 9.78. The zero-order chi connectivity index (χ0) is 16.1. The minimum Gasteiger partial charge on any atom is -0.274 e. The first kappa shape index (κ1) is 14.8. The Kier molecular flexibility index (Phi) is 3.34. The van der Waals surface area contributed by atoms with Gasteiger partial charge in [0, 0.05) is 0 Å². The largest absolute Gasteiger partial charge is 0.416 e. The van der Waals surface area contributed by atoms with Gasteiger partial charge in [-0.25, -0.2) is 0 Å². The highest BCUT2D eigenvalue weighted by Crippen LogP contribution is 2.41. The number of carbonyl (C=O) groups is 2. The summed E-state index contributed by atoms with van der Waals surface area (Å²) in [7, 11) is 0. The van der Waals surface area contributed by atoms with E-state index >= 15 is 0 Å². The van der Waals surface area contributed by atoms with E-state index in [-0.39, 0.29) is 11.6 Å². The number of rotatable bonds is 1. The van der Waals surface area contributed by atoms with Crippen LogP contribution in [0.4, 0.5) is 18.9 Å². The number of fused-ring (bicyclic) bond motifs is 1. The summed E-state index contributed by atoms with van der Waals surface area (Å²) in [6.45, 7) is 1.84. The van der Waals surface area contributed by atoms with Crippen LogP contribution in [0.5, 0.6) is 0 Å². The van der Waals surface area contributed by atoms with Gasteiger partial charge in [0.15, 0.2) is 0 Å². The molecule has 3 rings (SSSR count). The number of carbonyl (C=O) groups excluding carboxylic acids is 2. The van der Waals surface area contributed by atoms with E-state index in [2.05, 4.69) is 0 Å². The molecule has 1 fully saturated rings. The maximum Gasteiger partial charge on any atom is 0.416 e. The molecule has 116 valence electrons. The third-order valence-electron chi connectivity index (χ3n) is 4.30. The lowest BCUT2D eigenvalue weighted by Gasteiger charge is -2.22. The molecule has 0 unspecified atom stereocenters. The SMILES string of the molecule is C[C@@H]1C=CC[C@@H]2C(=O)N(c3cccc(C(F)(F)F)c3)C(=O)[C@@H]12. The first-order valence-corrected chi connectivity index (χ1v) is 7.02. The van der Waals surface area contributed by atoms with E-state index in [0.717, 1.165) is 17.0 Å². The van der Waals surface area contributed by atoms with E-state index in [4.69, 9.17) is 0 Å². The molecular weight excluding hydrogens is 295 g/mol. The van der Waals surface area contributed by atoms with Gasteiger partial charge in [0.1, 0.15) is 0 Å². The van der Waals surface area contributed by atoms with E-state index < -0.39 is 35.4 Å². The van der Waals surface area contributed by atoms with Gasteiger partial charge in [-0.1, -0.05) is 25.1 Å². The summed E-state index contributed by atoms with van der Waals surface area (Å²) in [5, 5.41) is 0. The van der Waals surface area contributed by atoms with E-state index in [0.29, 0.717) is 6.42 Å². The van der Waals surface area contributed by atoms with Crippen molar-refractivity contribution in [3.05, 3.63) is 42.0 Å². The van der Waals surface area contributed by atoms with Crippen molar-refractivity contribution < 1.29 is 22.8 Å². The van der Waals surface area contributed by atoms with E-state index in [9.17, 15) is 22.8 Å². The van der Waals surface area contributed by atoms with Gasteiger partial charge >= 0.3 is 6.18 Å². The summed E-state index contributed by atoms with van der Waals surface area (Å²) in [5.41, 5.74) is -0.877. The Labute approximate surface area is 125 Å². The van der Waals surface area contributed by atoms with E-state index in [1.165, 1.54) is 12.1 Å². The second kappa shape index (κ2) is 4.97. The first-order chi connectivity index (χ1) is 10.3. The molecule has 2 amide bonds. The number of hydrogen-bond donors (Lipinski definition) is 0. The summed E-state index contributed by atoms with van der Waals surface area (Å²) in [6, 6.07) is 4.35. The monoisotopic (exact) mass is 309 g/mol. The lowest BCUT2D eigenvalue weighted by molar-refractivity contribution is -0.137. The maximum absolute atomic E-state index is 12.8. The molecule has 1 aromatic rings. The Morgan fingerprint density at radius 1 is 1.18 bits per heavy atom. The van der Waals surface area contributed by atoms with Crippen LogP contribution in [0.15, 0.2) is 36.4 Å². The van der Waals surface area contributed by atoms with Crippen LogP contribution in [0.1, 0.15) is 18.9 Å². The van der Waals surface area contributed by atoms with Crippen molar-refractivity contribution in [2.75, 3.05) is 4.90 Å². The zero-order valence-corrected chi connectivity index (χ0v) is 11.8. The molecule has 1 aromatic carbocycles. The highest BCUT2D eigenvalue weighted by atomic mass is 19.4. The number of nitrogens with zero attached hydrogens (tertiary/aromatic N) is 1. The summed E-state index contributed by atoms with van der Waals surface area (Å²) >= 11 is 0. The molecule has 0 radical (unpaired) electrons. The van der Waals surface area contributed by atoms with Gasteiger partial charge in [0.2, 0.25) is 11.8 Å². The fraction of sp³-hybridized carbons (Fsp3) is 0.375. The normalized spacial score (nSPS) is 28.2. The Morgan fingerprint density at radius 3 is 2.55 bits per heavy atom. The van der Waals surface area contributed by atoms with Crippen molar-refractivity contribution in [2.24, 2.45) is 17.8 Å². The fourth-order valence-corrected chi connectivity index (χ4v) is 3.22. The third-order valence-corrected chi connectivity index (χ3v) is 4.30. The number of anilines is 1. The molecular formula is C16H14F3NO2. The van der Waals surface area contributed by atoms with Crippen molar-refractivity contribution in [3.8, 4) is 0 Å². The average Bonchev–Trinajstić information content (AvgIpc) is 2.71. The molecule has 3 nitrogen and oxygen atoms in total. The lowest BCUT2D eigenvalue weighted by Crippen LogP contribution is -2.31. The summed E-state index contributed by atoms with van der Waals surface area (Å²) in [6.07, 6.45) is -0.326. The molecule has 1 heterocycles. The number of alkyl halides is 3. The average molecular weight is 309 g/mol. The number of imide groups is 1. The molecule has 2 aliphatic rings. The number of allylic oxidation sites excluding steroid dienone is 2. The molecule has 0 saturated carbocycles. The zero-order valence-electron chi connectivity index (χ0n) is 11.8. The Bertz CT molecular complexity index is 666. The Morgan fingerprint density at radius 2 is 1.91 bits per heavy atom. The van der Waals surface area contributed by atoms with Crippen LogP contribution in [0.3, 0.4) is 0 Å². The molecule has 3 atom stereocenters. The highest BCUT2D eigenvalue weighted by molar-refractivity contribution is 6.22. The van der Waals surface area contributed by atoms with E-state index in [1.54, 1.807) is 0 Å². The summed E-state index contributed by atoms with van der Waals surface area (Å²) in [5.74, 6) is -1.86. The third kappa shape index (κ3) is 2.23. The van der Waals surface area contributed by atoms with Crippen LogP contribution in [-0.2, 0) is 15.8 Å². The van der Waals surface area contributed by atoms with Crippen LogP contribution < -0.4 is 4.90 Å². The van der Waals surface area contributed by atoms with Gasteiger partial charge in [0.05, 0.1) is 23.1 Å². The standard InChI is InChI=1S/C16H14F3NO2/c1-9-4-2-7-12-13(9)15(22)20(14(12)21)11-6-3-5-10(8-11)16(17,18)19/h2-6,8-9,12-13H,7H2,1H3/t9-,12+,13+/m1/s1. The van der Waals surface area contributed by atoms with Gasteiger partial charge in [-0.3, -0.25) is 14.5 Å². The molecule has 22 heavy (non-hydrogen) atoms. The predicted molar refractivity (Wildman–Crippen MR) is 73.8 cm³/mol. The second-order valence-corrected chi connectivity index (χ2v) is 5.72. The van der Waals surface area contributed by atoms with Crippen LogP contribution >= 0.6 is 0 Å². The van der Waals surface area contributed by atoms with E-state index in [1.807, 2.05) is 19.1 Å². The molecule has 0 aromatic heterocycles. The van der Waals surface area contributed by atoms with Crippen molar-refractivity contribution in [2.45, 2.75) is 19.5 Å². The van der Waals surface area contributed by atoms with Gasteiger partial charge in [-0.15, -0.1) is 0 Å². The minimum atomic E-state index is -4.51. The van der Waals surface area contributed by atoms with Crippen LogP contribution in [-0.4, -0.2) is 11.8 Å². The van der Waals surface area contributed by atoms with Crippen molar-refractivity contribution >= 4 is 17.5 Å². The van der Waals surface area contributed by atoms with Crippen molar-refractivity contribution in [3.63, 3.8) is 0 Å². The molecule has 1 aliphatic carbocycles. The number of hydrogen-bond acceptors (Lipinski definition) is 2. The number of halogens is 3. The number of benzene rings is 1. The molecule has 0 spiro atoms. The molecule has 6 heteroatoms. The predicted octanol–water partition coefficient (Wildman–Crippen LogP) is 3.41. The Balaban J connectivity index is 2.00. The van der Waals surface area contributed by atoms with Gasteiger partial charge in [-0.05, 0) is 30.5 Å².